The van der Waals surface area contributed by atoms with Gasteiger partial charge in [0.25, 0.3) is 0 Å². The van der Waals surface area contributed by atoms with Crippen LogP contribution in [-0.4, -0.2) is 32.9 Å². The number of aromatic nitrogens is 3. The molecule has 7 heteroatoms. The zero-order chi connectivity index (χ0) is 14.8. The Kier molecular flexibility index (Phi) is 4.45. The number of carbonyl (C=O) groups excluding carboxylic acids is 1. The average molecular weight is 372 g/mol. The Morgan fingerprint density at radius 3 is 3.05 bits per heavy atom. The lowest BCUT2D eigenvalue weighted by Crippen LogP contribution is -2.28. The zero-order valence-electron chi connectivity index (χ0n) is 11.5. The second kappa shape index (κ2) is 6.32. The van der Waals surface area contributed by atoms with Crippen molar-refractivity contribution >= 4 is 44.6 Å². The number of alkyl halides is 1. The van der Waals surface area contributed by atoms with Crippen molar-refractivity contribution in [1.29, 1.82) is 0 Å². The first-order valence-corrected chi connectivity index (χ1v) is 8.36. The van der Waals surface area contributed by atoms with Gasteiger partial charge in [-0.2, -0.15) is 0 Å². The molecular weight excluding hydrogens is 356 g/mol. The van der Waals surface area contributed by atoms with Crippen LogP contribution < -0.4 is 5.32 Å². The van der Waals surface area contributed by atoms with E-state index >= 15 is 0 Å². The summed E-state index contributed by atoms with van der Waals surface area (Å²) in [6.07, 6.45) is 4.49. The van der Waals surface area contributed by atoms with Gasteiger partial charge in [0.1, 0.15) is 11.3 Å². The highest BCUT2D eigenvalue weighted by Gasteiger charge is 2.29. The fourth-order valence-corrected chi connectivity index (χ4v) is 2.81. The third-order valence-electron chi connectivity index (χ3n) is 3.53. The molecule has 1 saturated carbocycles. The lowest BCUT2D eigenvalue weighted by atomic mass is 10.4. The second-order valence-electron chi connectivity index (χ2n) is 5.18. The van der Waals surface area contributed by atoms with Gasteiger partial charge in [0, 0.05) is 42.0 Å². The molecule has 0 aliphatic heterocycles. The Hall–Kier alpha value is -1.14. The maximum Gasteiger partial charge on any atom is 0.223 e. The Bertz CT molecular complexity index is 668. The Balaban J connectivity index is 1.77. The molecule has 1 fully saturated rings. The van der Waals surface area contributed by atoms with Gasteiger partial charge in [-0.1, -0.05) is 0 Å². The van der Waals surface area contributed by atoms with Crippen molar-refractivity contribution in [1.82, 2.24) is 19.9 Å². The molecule has 2 heterocycles. The van der Waals surface area contributed by atoms with E-state index in [0.717, 1.165) is 34.3 Å². The van der Waals surface area contributed by atoms with Crippen LogP contribution in [0.4, 0.5) is 0 Å². The molecule has 2 aromatic heterocycles. The molecule has 1 aliphatic carbocycles. The third kappa shape index (κ3) is 3.37. The van der Waals surface area contributed by atoms with Crippen molar-refractivity contribution < 1.29 is 4.79 Å². The van der Waals surface area contributed by atoms with Crippen LogP contribution >= 0.6 is 27.5 Å². The molecule has 0 saturated heterocycles. The smallest absolute Gasteiger partial charge is 0.223 e. The molecule has 0 unspecified atom stereocenters. The minimum absolute atomic E-state index is 0.161. The molecule has 0 bridgehead atoms. The number of imidazole rings is 1. The maximum absolute atomic E-state index is 11.7. The number of amides is 1. The largest absolute Gasteiger partial charge is 0.354 e. The van der Waals surface area contributed by atoms with Crippen molar-refractivity contribution in [2.45, 2.75) is 25.8 Å². The van der Waals surface area contributed by atoms with Gasteiger partial charge in [-0.25, -0.2) is 9.97 Å². The lowest BCUT2D eigenvalue weighted by molar-refractivity contribution is -0.122. The maximum atomic E-state index is 11.7. The van der Waals surface area contributed by atoms with Gasteiger partial charge >= 0.3 is 0 Å². The van der Waals surface area contributed by atoms with Crippen molar-refractivity contribution in [2.75, 3.05) is 12.4 Å². The predicted molar refractivity (Wildman–Crippen MR) is 85.4 cm³/mol. The lowest BCUT2D eigenvalue weighted by Gasteiger charge is -2.09. The summed E-state index contributed by atoms with van der Waals surface area (Å²) >= 11 is 9.25. The van der Waals surface area contributed by atoms with Crippen molar-refractivity contribution in [3.63, 3.8) is 0 Å². The monoisotopic (exact) mass is 370 g/mol. The molecule has 21 heavy (non-hydrogen) atoms. The fraction of sp³-hybridized carbons (Fsp3) is 0.500. The van der Waals surface area contributed by atoms with Crippen LogP contribution in [0.15, 0.2) is 16.7 Å². The number of carbonyl (C=O) groups is 1. The highest BCUT2D eigenvalue weighted by Crippen LogP contribution is 2.28. The topological polar surface area (TPSA) is 59.8 Å². The highest BCUT2D eigenvalue weighted by atomic mass is 79.9. The van der Waals surface area contributed by atoms with Crippen LogP contribution in [-0.2, 0) is 17.8 Å². The van der Waals surface area contributed by atoms with E-state index in [9.17, 15) is 4.79 Å². The van der Waals surface area contributed by atoms with Gasteiger partial charge in [0.05, 0.1) is 0 Å². The van der Waals surface area contributed by atoms with Crippen LogP contribution in [0.3, 0.4) is 0 Å². The van der Waals surface area contributed by atoms with Crippen LogP contribution in [0.2, 0.25) is 0 Å². The Labute approximate surface area is 136 Å². The summed E-state index contributed by atoms with van der Waals surface area (Å²) in [7, 11) is 0. The van der Waals surface area contributed by atoms with Crippen molar-refractivity contribution in [2.24, 2.45) is 5.92 Å². The SMILES string of the molecule is O=C(NCCn1c(CCCl)nc2cc(Br)cnc21)C1CC1. The molecule has 112 valence electrons. The minimum atomic E-state index is 0.161. The van der Waals surface area contributed by atoms with Gasteiger partial charge < -0.3 is 9.88 Å². The number of nitrogens with zero attached hydrogens (tertiary/aromatic N) is 3. The number of aryl methyl sites for hydroxylation is 1. The highest BCUT2D eigenvalue weighted by molar-refractivity contribution is 9.10. The number of hydrogen-bond donors (Lipinski definition) is 1. The molecule has 1 aliphatic rings. The van der Waals surface area contributed by atoms with Crippen molar-refractivity contribution in [3.05, 3.63) is 22.6 Å². The molecule has 3 rings (SSSR count). The van der Waals surface area contributed by atoms with E-state index in [0.29, 0.717) is 25.4 Å². The second-order valence-corrected chi connectivity index (χ2v) is 6.47. The van der Waals surface area contributed by atoms with E-state index < -0.39 is 0 Å². The first-order valence-electron chi connectivity index (χ1n) is 7.03. The molecule has 2 aromatic rings. The van der Waals surface area contributed by atoms with E-state index in [1.54, 1.807) is 6.20 Å². The number of nitrogens with one attached hydrogen (secondary N) is 1. The first-order chi connectivity index (χ1) is 10.2. The summed E-state index contributed by atoms with van der Waals surface area (Å²) in [5, 5.41) is 2.97. The molecule has 1 N–H and O–H groups in total. The summed E-state index contributed by atoms with van der Waals surface area (Å²) in [6.45, 7) is 1.25. The molecule has 0 spiro atoms. The molecule has 0 aromatic carbocycles. The third-order valence-corrected chi connectivity index (χ3v) is 4.15. The van der Waals surface area contributed by atoms with Crippen LogP contribution in [0, 0.1) is 5.92 Å². The fourth-order valence-electron chi connectivity index (χ4n) is 2.32. The van der Waals surface area contributed by atoms with E-state index in [4.69, 9.17) is 11.6 Å². The zero-order valence-corrected chi connectivity index (χ0v) is 13.8. The van der Waals surface area contributed by atoms with Crippen LogP contribution in [0.5, 0.6) is 0 Å². The number of fused-ring (bicyclic) bond motifs is 1. The van der Waals surface area contributed by atoms with Gasteiger partial charge in [0.2, 0.25) is 5.91 Å². The number of pyridine rings is 1. The normalized spacial score (nSPS) is 14.6. The van der Waals surface area contributed by atoms with E-state index in [-0.39, 0.29) is 11.8 Å². The summed E-state index contributed by atoms with van der Waals surface area (Å²) < 4.78 is 2.94. The number of halogens is 2. The van der Waals surface area contributed by atoms with E-state index in [2.05, 4.69) is 31.2 Å². The number of hydrogen-bond acceptors (Lipinski definition) is 3. The summed E-state index contributed by atoms with van der Waals surface area (Å²) in [5.41, 5.74) is 1.68. The molecule has 1 amide bonds. The minimum Gasteiger partial charge on any atom is -0.354 e. The van der Waals surface area contributed by atoms with E-state index in [1.165, 1.54) is 0 Å². The summed E-state index contributed by atoms with van der Waals surface area (Å²) in [5.74, 6) is 1.82. The Morgan fingerprint density at radius 1 is 1.52 bits per heavy atom. The standard InChI is InChI=1S/C14H16BrClN4O/c15-10-7-11-13(18-8-10)20(12(19-11)3-4-16)6-5-17-14(21)9-1-2-9/h7-9H,1-6H2,(H,17,21). The summed E-state index contributed by atoms with van der Waals surface area (Å²) in [6, 6.07) is 1.94. The van der Waals surface area contributed by atoms with Gasteiger partial charge in [-0.3, -0.25) is 4.79 Å². The van der Waals surface area contributed by atoms with Gasteiger partial charge in [-0.15, -0.1) is 11.6 Å². The molecule has 0 radical (unpaired) electrons. The number of rotatable bonds is 6. The Morgan fingerprint density at radius 2 is 2.33 bits per heavy atom. The average Bonchev–Trinajstić information content (AvgIpc) is 3.24. The van der Waals surface area contributed by atoms with Gasteiger partial charge in [-0.05, 0) is 34.8 Å². The van der Waals surface area contributed by atoms with Crippen molar-refractivity contribution in [3.8, 4) is 0 Å². The van der Waals surface area contributed by atoms with E-state index in [1.807, 2.05) is 10.6 Å². The summed E-state index contributed by atoms with van der Waals surface area (Å²) in [4.78, 5) is 20.7. The predicted octanol–water partition coefficient (Wildman–Crippen LogP) is 2.50. The molecular formula is C14H16BrClN4O. The van der Waals surface area contributed by atoms with Gasteiger partial charge in [0.15, 0.2) is 5.65 Å². The first kappa shape index (κ1) is 14.8. The van der Waals surface area contributed by atoms with Crippen LogP contribution in [0.25, 0.3) is 11.2 Å². The molecule has 0 atom stereocenters. The van der Waals surface area contributed by atoms with Crippen LogP contribution in [0.1, 0.15) is 18.7 Å². The molecule has 5 nitrogen and oxygen atoms in total. The quantitative estimate of drug-likeness (QED) is 0.794.